The second kappa shape index (κ2) is 8.45. The molecule has 1 atom stereocenters. The van der Waals surface area contributed by atoms with Crippen LogP contribution in [0.25, 0.3) is 6.08 Å². The third kappa shape index (κ3) is 4.81. The Balaban J connectivity index is 1.40. The smallest absolute Gasteiger partial charge is 0.262 e. The Bertz CT molecular complexity index is 969. The molecule has 148 valence electrons. The molecule has 2 aliphatic rings. The Hall–Kier alpha value is -3.18. The summed E-state index contributed by atoms with van der Waals surface area (Å²) in [5.41, 5.74) is 0.592. The normalized spacial score (nSPS) is 19.0. The van der Waals surface area contributed by atoms with E-state index in [2.05, 4.69) is 25.6 Å². The molecule has 8 nitrogen and oxygen atoms in total. The number of halogens is 1. The fourth-order valence-electron chi connectivity index (χ4n) is 3.15. The van der Waals surface area contributed by atoms with Gasteiger partial charge in [0.05, 0.1) is 11.9 Å². The van der Waals surface area contributed by atoms with Gasteiger partial charge >= 0.3 is 0 Å². The number of hydrogen-bond donors (Lipinski definition) is 2. The Morgan fingerprint density at radius 3 is 2.86 bits per heavy atom. The molecule has 0 bridgehead atoms. The van der Waals surface area contributed by atoms with Gasteiger partial charge in [-0.05, 0) is 37.5 Å². The van der Waals surface area contributed by atoms with Crippen LogP contribution in [0.15, 0.2) is 36.2 Å². The van der Waals surface area contributed by atoms with E-state index in [0.29, 0.717) is 41.6 Å². The van der Waals surface area contributed by atoms with Gasteiger partial charge in [-0.25, -0.2) is 4.98 Å². The van der Waals surface area contributed by atoms with Crippen LogP contribution < -0.4 is 15.5 Å². The summed E-state index contributed by atoms with van der Waals surface area (Å²) in [5.74, 6) is 0.824. The van der Waals surface area contributed by atoms with Crippen LogP contribution in [0.1, 0.15) is 25.0 Å². The zero-order valence-corrected chi connectivity index (χ0v) is 16.4. The van der Waals surface area contributed by atoms with Crippen LogP contribution in [-0.4, -0.2) is 46.0 Å². The summed E-state index contributed by atoms with van der Waals surface area (Å²) in [7, 11) is 0. The number of carbonyl (C=O) groups is 1. The summed E-state index contributed by atoms with van der Waals surface area (Å²) in [6, 6.07) is 7.62. The highest BCUT2D eigenvalue weighted by Gasteiger charge is 2.28. The van der Waals surface area contributed by atoms with E-state index in [0.717, 1.165) is 19.3 Å². The highest BCUT2D eigenvalue weighted by Crippen LogP contribution is 2.29. The average molecular weight is 410 g/mol. The molecule has 0 radical (unpaired) electrons. The minimum atomic E-state index is -0.408. The van der Waals surface area contributed by atoms with E-state index in [1.165, 1.54) is 6.08 Å². The minimum absolute atomic E-state index is 0.0261. The molecule has 2 aromatic heterocycles. The Morgan fingerprint density at radius 2 is 2.14 bits per heavy atom. The quantitative estimate of drug-likeness (QED) is 0.557. The van der Waals surface area contributed by atoms with Crippen LogP contribution in [0, 0.1) is 11.3 Å². The zero-order chi connectivity index (χ0) is 20.2. The molecular weight excluding hydrogens is 390 g/mol. The lowest BCUT2D eigenvalue weighted by Crippen LogP contribution is -2.37. The number of pyridine rings is 1. The molecule has 3 heterocycles. The first-order valence-corrected chi connectivity index (χ1v) is 9.88. The summed E-state index contributed by atoms with van der Waals surface area (Å²) in [6.45, 7) is 1.27. The fraction of sp³-hybridized carbons (Fsp3) is 0.350. The van der Waals surface area contributed by atoms with Crippen LogP contribution in [0.5, 0.6) is 0 Å². The summed E-state index contributed by atoms with van der Waals surface area (Å²) < 4.78 is 0. The Kier molecular flexibility index (Phi) is 5.58. The van der Waals surface area contributed by atoms with Crippen LogP contribution in [0.2, 0.25) is 5.02 Å². The largest absolute Gasteiger partial charge is 0.353 e. The summed E-state index contributed by atoms with van der Waals surface area (Å²) in [4.78, 5) is 27.4. The standard InChI is InChI=1S/C20H20ClN7O/c21-17-11-24-20(26-14-4-5-14)27-18(17)28-8-6-16(12-28)25-19(29)13(10-22)9-15-3-1-2-7-23-15/h1-3,7,9,11,14,16H,4-6,8,12H2,(H,25,29)(H,24,26,27)/b13-9+/t16-/m1/s1. The summed E-state index contributed by atoms with van der Waals surface area (Å²) in [6.07, 6.45) is 7.70. The number of aromatic nitrogens is 3. The van der Waals surface area contributed by atoms with Crippen molar-refractivity contribution in [3.8, 4) is 6.07 Å². The molecule has 1 amide bonds. The topological polar surface area (TPSA) is 107 Å². The molecule has 1 aliphatic carbocycles. The van der Waals surface area contributed by atoms with E-state index in [1.54, 1.807) is 30.6 Å². The maximum atomic E-state index is 12.5. The van der Waals surface area contributed by atoms with Gasteiger partial charge in [-0.15, -0.1) is 0 Å². The van der Waals surface area contributed by atoms with Crippen molar-refractivity contribution < 1.29 is 4.79 Å². The van der Waals surface area contributed by atoms with Crippen molar-refractivity contribution in [3.63, 3.8) is 0 Å². The predicted octanol–water partition coefficient (Wildman–Crippen LogP) is 2.40. The molecule has 2 N–H and O–H groups in total. The van der Waals surface area contributed by atoms with Gasteiger partial charge in [0.25, 0.3) is 5.91 Å². The van der Waals surface area contributed by atoms with Gasteiger partial charge in [-0.2, -0.15) is 10.2 Å². The molecule has 9 heteroatoms. The Morgan fingerprint density at radius 1 is 1.28 bits per heavy atom. The van der Waals surface area contributed by atoms with Crippen molar-refractivity contribution in [1.82, 2.24) is 20.3 Å². The van der Waals surface area contributed by atoms with Crippen molar-refractivity contribution in [2.45, 2.75) is 31.3 Å². The molecule has 4 rings (SSSR count). The monoisotopic (exact) mass is 409 g/mol. The lowest BCUT2D eigenvalue weighted by molar-refractivity contribution is -0.117. The van der Waals surface area contributed by atoms with Crippen LogP contribution in [0.3, 0.4) is 0 Å². The number of hydrogen-bond acceptors (Lipinski definition) is 7. The van der Waals surface area contributed by atoms with Gasteiger partial charge in [0.1, 0.15) is 16.7 Å². The molecule has 1 saturated carbocycles. The van der Waals surface area contributed by atoms with E-state index < -0.39 is 5.91 Å². The number of amides is 1. The first kappa shape index (κ1) is 19.2. The number of carbonyl (C=O) groups excluding carboxylic acids is 1. The molecule has 2 aromatic rings. The third-order valence-electron chi connectivity index (χ3n) is 4.80. The number of nitrogens with zero attached hydrogens (tertiary/aromatic N) is 5. The zero-order valence-electron chi connectivity index (χ0n) is 15.7. The molecule has 0 aromatic carbocycles. The average Bonchev–Trinajstić information content (AvgIpc) is 3.43. The molecular formula is C20H20ClN7O. The molecule has 1 aliphatic heterocycles. The van der Waals surface area contributed by atoms with E-state index in [1.807, 2.05) is 11.0 Å². The van der Waals surface area contributed by atoms with Gasteiger partial charge in [-0.3, -0.25) is 9.78 Å². The van der Waals surface area contributed by atoms with Crippen molar-refractivity contribution in [2.24, 2.45) is 0 Å². The van der Waals surface area contributed by atoms with E-state index >= 15 is 0 Å². The maximum absolute atomic E-state index is 12.5. The number of rotatable bonds is 6. The molecule has 2 fully saturated rings. The minimum Gasteiger partial charge on any atom is -0.353 e. The molecule has 0 unspecified atom stereocenters. The fourth-order valence-corrected chi connectivity index (χ4v) is 3.36. The highest BCUT2D eigenvalue weighted by molar-refractivity contribution is 6.32. The first-order chi connectivity index (χ1) is 14.1. The lowest BCUT2D eigenvalue weighted by Gasteiger charge is -2.19. The van der Waals surface area contributed by atoms with E-state index in [4.69, 9.17) is 11.6 Å². The number of nitriles is 1. The van der Waals surface area contributed by atoms with Crippen LogP contribution >= 0.6 is 11.6 Å². The van der Waals surface area contributed by atoms with Crippen molar-refractivity contribution in [1.29, 1.82) is 5.26 Å². The second-order valence-corrected chi connectivity index (χ2v) is 7.52. The first-order valence-electron chi connectivity index (χ1n) is 9.50. The van der Waals surface area contributed by atoms with E-state index in [9.17, 15) is 10.1 Å². The molecule has 0 spiro atoms. The predicted molar refractivity (Wildman–Crippen MR) is 110 cm³/mol. The molecule has 29 heavy (non-hydrogen) atoms. The SMILES string of the molecule is N#C/C(=C\c1ccccn1)C(=O)N[C@@H]1CCN(c2nc(NC3CC3)ncc2Cl)C1. The van der Waals surface area contributed by atoms with Gasteiger partial charge in [0.2, 0.25) is 5.95 Å². The number of nitrogens with one attached hydrogen (secondary N) is 2. The molecule has 1 saturated heterocycles. The van der Waals surface area contributed by atoms with Crippen molar-refractivity contribution in [2.75, 3.05) is 23.3 Å². The van der Waals surface area contributed by atoms with E-state index in [-0.39, 0.29) is 11.6 Å². The highest BCUT2D eigenvalue weighted by atomic mass is 35.5. The van der Waals surface area contributed by atoms with Crippen molar-refractivity contribution in [3.05, 3.63) is 46.9 Å². The van der Waals surface area contributed by atoms with Gasteiger partial charge in [0.15, 0.2) is 5.82 Å². The third-order valence-corrected chi connectivity index (χ3v) is 5.07. The summed E-state index contributed by atoms with van der Waals surface area (Å²) in [5, 5.41) is 16.0. The Labute approximate surface area is 173 Å². The number of anilines is 2. The summed E-state index contributed by atoms with van der Waals surface area (Å²) >= 11 is 6.30. The lowest BCUT2D eigenvalue weighted by atomic mass is 10.2. The van der Waals surface area contributed by atoms with Crippen LogP contribution in [-0.2, 0) is 4.79 Å². The van der Waals surface area contributed by atoms with Crippen LogP contribution in [0.4, 0.5) is 11.8 Å². The maximum Gasteiger partial charge on any atom is 0.262 e. The van der Waals surface area contributed by atoms with Gasteiger partial charge in [0, 0.05) is 31.4 Å². The van der Waals surface area contributed by atoms with Crippen molar-refractivity contribution >= 4 is 35.4 Å². The second-order valence-electron chi connectivity index (χ2n) is 7.11. The van der Waals surface area contributed by atoms with Gasteiger partial charge in [-0.1, -0.05) is 17.7 Å². The van der Waals surface area contributed by atoms with Gasteiger partial charge < -0.3 is 15.5 Å².